The lowest BCUT2D eigenvalue weighted by molar-refractivity contribution is 0.0945. The van der Waals surface area contributed by atoms with Crippen molar-refractivity contribution in [1.29, 1.82) is 0 Å². The number of rotatable bonds is 4. The molecular formula is C16H20N4O2. The maximum Gasteiger partial charge on any atom is 0.254 e. The van der Waals surface area contributed by atoms with Gasteiger partial charge in [-0.2, -0.15) is 0 Å². The molecule has 1 fully saturated rings. The van der Waals surface area contributed by atoms with Crippen LogP contribution < -0.4 is 10.2 Å². The fourth-order valence-corrected chi connectivity index (χ4v) is 2.79. The van der Waals surface area contributed by atoms with Crippen molar-refractivity contribution in [2.24, 2.45) is 5.92 Å². The van der Waals surface area contributed by atoms with Crippen molar-refractivity contribution in [3.8, 4) is 0 Å². The molecule has 3 rings (SSSR count). The number of hydrogen-bond acceptors (Lipinski definition) is 5. The van der Waals surface area contributed by atoms with Gasteiger partial charge in [-0.15, -0.1) is 0 Å². The first-order valence-corrected chi connectivity index (χ1v) is 7.57. The number of anilines is 1. The molecule has 2 aromatic rings. The molecule has 116 valence electrons. The number of piperidine rings is 1. The smallest absolute Gasteiger partial charge is 0.254 e. The van der Waals surface area contributed by atoms with Crippen molar-refractivity contribution in [2.75, 3.05) is 24.5 Å². The Morgan fingerprint density at radius 1 is 1.50 bits per heavy atom. The zero-order valence-corrected chi connectivity index (χ0v) is 12.7. The Morgan fingerprint density at radius 3 is 3.18 bits per heavy atom. The van der Waals surface area contributed by atoms with E-state index in [0.717, 1.165) is 37.6 Å². The lowest BCUT2D eigenvalue weighted by atomic mass is 9.98. The maximum atomic E-state index is 11.9. The predicted molar refractivity (Wildman–Crippen MR) is 82.7 cm³/mol. The van der Waals surface area contributed by atoms with Gasteiger partial charge >= 0.3 is 0 Å². The molecule has 22 heavy (non-hydrogen) atoms. The van der Waals surface area contributed by atoms with Gasteiger partial charge in [-0.25, -0.2) is 9.97 Å². The average molecular weight is 300 g/mol. The summed E-state index contributed by atoms with van der Waals surface area (Å²) in [6.45, 7) is 4.48. The molecule has 0 aromatic carbocycles. The third kappa shape index (κ3) is 3.44. The Labute approximate surface area is 129 Å². The Morgan fingerprint density at radius 2 is 2.41 bits per heavy atom. The number of amides is 1. The van der Waals surface area contributed by atoms with Gasteiger partial charge in [0.25, 0.3) is 5.91 Å². The molecule has 1 saturated heterocycles. The largest absolute Gasteiger partial charge is 0.472 e. The van der Waals surface area contributed by atoms with Crippen LogP contribution >= 0.6 is 0 Å². The molecule has 1 aliphatic rings. The Bertz CT molecular complexity index is 627. The summed E-state index contributed by atoms with van der Waals surface area (Å²) < 4.78 is 4.93. The van der Waals surface area contributed by atoms with Gasteiger partial charge in [-0.05, 0) is 37.8 Å². The third-order valence-electron chi connectivity index (χ3n) is 3.94. The minimum Gasteiger partial charge on any atom is -0.472 e. The zero-order chi connectivity index (χ0) is 15.4. The van der Waals surface area contributed by atoms with Gasteiger partial charge < -0.3 is 14.6 Å². The standard InChI is InChI=1S/C16H20N4O2/c1-12-17-6-4-15(19-12)20-7-2-3-13(10-20)9-18-16(21)14-5-8-22-11-14/h4-6,8,11,13H,2-3,7,9-10H2,1H3,(H,18,21). The summed E-state index contributed by atoms with van der Waals surface area (Å²) in [5.74, 6) is 2.11. The highest BCUT2D eigenvalue weighted by Gasteiger charge is 2.21. The molecule has 1 unspecified atom stereocenters. The van der Waals surface area contributed by atoms with E-state index in [9.17, 15) is 4.79 Å². The molecule has 1 amide bonds. The monoisotopic (exact) mass is 300 g/mol. The van der Waals surface area contributed by atoms with Gasteiger partial charge in [-0.1, -0.05) is 0 Å². The molecule has 6 nitrogen and oxygen atoms in total. The van der Waals surface area contributed by atoms with Crippen LogP contribution in [0.1, 0.15) is 29.0 Å². The van der Waals surface area contributed by atoms with Gasteiger partial charge in [-0.3, -0.25) is 4.79 Å². The molecule has 0 spiro atoms. The van der Waals surface area contributed by atoms with E-state index in [0.29, 0.717) is 18.0 Å². The van der Waals surface area contributed by atoms with Gasteiger partial charge in [0.15, 0.2) is 0 Å². The maximum absolute atomic E-state index is 11.9. The summed E-state index contributed by atoms with van der Waals surface area (Å²) >= 11 is 0. The van der Waals surface area contributed by atoms with Crippen LogP contribution in [0.5, 0.6) is 0 Å². The van der Waals surface area contributed by atoms with Gasteiger partial charge in [0, 0.05) is 25.8 Å². The molecular weight excluding hydrogens is 280 g/mol. The topological polar surface area (TPSA) is 71.3 Å². The van der Waals surface area contributed by atoms with E-state index < -0.39 is 0 Å². The molecule has 0 saturated carbocycles. The van der Waals surface area contributed by atoms with Crippen molar-refractivity contribution in [3.05, 3.63) is 42.2 Å². The second-order valence-electron chi connectivity index (χ2n) is 5.64. The molecule has 0 bridgehead atoms. The van der Waals surface area contributed by atoms with Crippen LogP contribution in [0.15, 0.2) is 35.3 Å². The Balaban J connectivity index is 1.56. The van der Waals surface area contributed by atoms with Gasteiger partial charge in [0.2, 0.25) is 0 Å². The van der Waals surface area contributed by atoms with Crippen LogP contribution in [0.2, 0.25) is 0 Å². The second kappa shape index (κ2) is 6.60. The Kier molecular flexibility index (Phi) is 4.37. The molecule has 1 aliphatic heterocycles. The van der Waals surface area contributed by atoms with Crippen molar-refractivity contribution in [2.45, 2.75) is 19.8 Å². The lowest BCUT2D eigenvalue weighted by Gasteiger charge is -2.33. The zero-order valence-electron chi connectivity index (χ0n) is 12.7. The van der Waals surface area contributed by atoms with E-state index >= 15 is 0 Å². The predicted octanol–water partition coefficient (Wildman–Crippen LogP) is 2.02. The average Bonchev–Trinajstić information content (AvgIpc) is 3.07. The van der Waals surface area contributed by atoms with Crippen LogP contribution in [-0.2, 0) is 0 Å². The molecule has 1 N–H and O–H groups in total. The first-order chi connectivity index (χ1) is 10.7. The highest BCUT2D eigenvalue weighted by atomic mass is 16.3. The lowest BCUT2D eigenvalue weighted by Crippen LogP contribution is -2.41. The first kappa shape index (κ1) is 14.6. The van der Waals surface area contributed by atoms with E-state index in [2.05, 4.69) is 20.2 Å². The van der Waals surface area contributed by atoms with Crippen LogP contribution in [0.3, 0.4) is 0 Å². The normalized spacial score (nSPS) is 18.2. The van der Waals surface area contributed by atoms with E-state index in [1.165, 1.54) is 12.5 Å². The summed E-state index contributed by atoms with van der Waals surface area (Å²) in [6.07, 6.45) is 6.99. The minimum absolute atomic E-state index is 0.0799. The number of hydrogen-bond donors (Lipinski definition) is 1. The number of nitrogens with zero attached hydrogens (tertiary/aromatic N) is 3. The molecule has 1 atom stereocenters. The SMILES string of the molecule is Cc1nccc(N2CCCC(CNC(=O)c3ccoc3)C2)n1. The highest BCUT2D eigenvalue weighted by Crippen LogP contribution is 2.21. The van der Waals surface area contributed by atoms with Gasteiger partial charge in [0.05, 0.1) is 11.8 Å². The first-order valence-electron chi connectivity index (χ1n) is 7.57. The van der Waals surface area contributed by atoms with Crippen LogP contribution in [0.25, 0.3) is 0 Å². The molecule has 2 aromatic heterocycles. The summed E-state index contributed by atoms with van der Waals surface area (Å²) in [4.78, 5) is 22.8. The third-order valence-corrected chi connectivity index (χ3v) is 3.94. The van der Waals surface area contributed by atoms with E-state index in [-0.39, 0.29) is 5.91 Å². The molecule has 0 aliphatic carbocycles. The minimum atomic E-state index is -0.0799. The second-order valence-corrected chi connectivity index (χ2v) is 5.64. The van der Waals surface area contributed by atoms with Crippen LogP contribution in [0, 0.1) is 12.8 Å². The highest BCUT2D eigenvalue weighted by molar-refractivity contribution is 5.93. The molecule has 3 heterocycles. The van der Waals surface area contributed by atoms with Crippen molar-refractivity contribution < 1.29 is 9.21 Å². The van der Waals surface area contributed by atoms with E-state index in [1.54, 1.807) is 12.3 Å². The van der Waals surface area contributed by atoms with Crippen molar-refractivity contribution >= 4 is 11.7 Å². The summed E-state index contributed by atoms with van der Waals surface area (Å²) in [7, 11) is 0. The fourth-order valence-electron chi connectivity index (χ4n) is 2.79. The van der Waals surface area contributed by atoms with Crippen LogP contribution in [-0.4, -0.2) is 35.5 Å². The molecule has 0 radical (unpaired) electrons. The quantitative estimate of drug-likeness (QED) is 0.935. The number of carbonyl (C=O) groups excluding carboxylic acids is 1. The fraction of sp³-hybridized carbons (Fsp3) is 0.438. The number of carbonyl (C=O) groups is 1. The number of aromatic nitrogens is 2. The van der Waals surface area contributed by atoms with E-state index in [4.69, 9.17) is 4.42 Å². The van der Waals surface area contributed by atoms with Gasteiger partial charge in [0.1, 0.15) is 17.9 Å². The molecule has 6 heteroatoms. The Hall–Kier alpha value is -2.37. The van der Waals surface area contributed by atoms with Crippen LogP contribution in [0.4, 0.5) is 5.82 Å². The van der Waals surface area contributed by atoms with Crippen molar-refractivity contribution in [1.82, 2.24) is 15.3 Å². The number of nitrogens with one attached hydrogen (secondary N) is 1. The summed E-state index contributed by atoms with van der Waals surface area (Å²) in [6, 6.07) is 3.62. The summed E-state index contributed by atoms with van der Waals surface area (Å²) in [5.41, 5.74) is 0.569. The van der Waals surface area contributed by atoms with E-state index in [1.807, 2.05) is 13.0 Å². The summed E-state index contributed by atoms with van der Waals surface area (Å²) in [5, 5.41) is 2.98. The number of aryl methyl sites for hydroxylation is 1. The number of furan rings is 1. The van der Waals surface area contributed by atoms with Crippen molar-refractivity contribution in [3.63, 3.8) is 0 Å².